The van der Waals surface area contributed by atoms with E-state index in [9.17, 15) is 9.90 Å². The van der Waals surface area contributed by atoms with Crippen molar-refractivity contribution in [3.63, 3.8) is 0 Å². The number of carbonyl (C=O) groups is 1. The maximum absolute atomic E-state index is 13.0. The first-order valence-electron chi connectivity index (χ1n) is 9.11. The second kappa shape index (κ2) is 7.97. The van der Waals surface area contributed by atoms with Crippen molar-refractivity contribution in [1.29, 1.82) is 0 Å². The third kappa shape index (κ3) is 3.69. The molecule has 5 nitrogen and oxygen atoms in total. The van der Waals surface area contributed by atoms with Gasteiger partial charge in [-0.25, -0.2) is 0 Å². The van der Waals surface area contributed by atoms with Gasteiger partial charge in [-0.2, -0.15) is 0 Å². The molecule has 1 aromatic heterocycles. The summed E-state index contributed by atoms with van der Waals surface area (Å²) in [6.07, 6.45) is 3.40. The van der Waals surface area contributed by atoms with Crippen LogP contribution in [0.4, 0.5) is 0 Å². The molecule has 0 bridgehead atoms. The molecule has 146 valence electrons. The van der Waals surface area contributed by atoms with Crippen LogP contribution in [0.25, 0.3) is 5.57 Å². The largest absolute Gasteiger partial charge is 0.503 e. The number of hydrogen-bond donors (Lipinski definition) is 1. The van der Waals surface area contributed by atoms with E-state index in [-0.39, 0.29) is 5.76 Å². The Balaban J connectivity index is 1.80. The second-order valence-corrected chi connectivity index (χ2v) is 7.18. The number of aliphatic hydroxyl groups excluding tert-OH is 1. The smallest absolute Gasteiger partial charge is 0.290 e. The van der Waals surface area contributed by atoms with Crippen molar-refractivity contribution in [2.75, 3.05) is 7.11 Å². The van der Waals surface area contributed by atoms with Gasteiger partial charge in [-0.05, 0) is 47.0 Å². The second-order valence-electron chi connectivity index (χ2n) is 6.74. The lowest BCUT2D eigenvalue weighted by Crippen LogP contribution is -2.29. The van der Waals surface area contributed by atoms with Gasteiger partial charge in [0.2, 0.25) is 0 Å². The molecule has 0 radical (unpaired) electrons. The van der Waals surface area contributed by atoms with E-state index in [4.69, 9.17) is 16.3 Å². The summed E-state index contributed by atoms with van der Waals surface area (Å²) in [6, 6.07) is 17.9. The molecule has 1 N–H and O–H groups in total. The van der Waals surface area contributed by atoms with Crippen LogP contribution in [0.15, 0.2) is 78.8 Å². The average Bonchev–Trinajstić information content (AvgIpc) is 3.00. The molecule has 1 amide bonds. The van der Waals surface area contributed by atoms with Crippen LogP contribution in [0.5, 0.6) is 5.75 Å². The molecule has 0 spiro atoms. The third-order valence-electron chi connectivity index (χ3n) is 4.97. The molecule has 0 saturated carbocycles. The average molecular weight is 407 g/mol. The van der Waals surface area contributed by atoms with E-state index in [0.29, 0.717) is 22.9 Å². The van der Waals surface area contributed by atoms with E-state index in [1.807, 2.05) is 48.5 Å². The van der Waals surface area contributed by atoms with Gasteiger partial charge in [0, 0.05) is 29.5 Å². The Kier molecular flexibility index (Phi) is 5.23. The molecule has 1 aliphatic rings. The lowest BCUT2D eigenvalue weighted by atomic mass is 9.93. The van der Waals surface area contributed by atoms with Gasteiger partial charge in [0.05, 0.1) is 13.2 Å². The maximum atomic E-state index is 13.0. The number of carbonyl (C=O) groups excluding carboxylic acids is 1. The highest BCUT2D eigenvalue weighted by molar-refractivity contribution is 6.30. The number of halogens is 1. The van der Waals surface area contributed by atoms with Gasteiger partial charge < -0.3 is 14.7 Å². The van der Waals surface area contributed by atoms with E-state index >= 15 is 0 Å². The summed E-state index contributed by atoms with van der Waals surface area (Å²) in [7, 11) is 1.59. The van der Waals surface area contributed by atoms with E-state index in [1.165, 1.54) is 0 Å². The zero-order valence-electron chi connectivity index (χ0n) is 15.7. The van der Waals surface area contributed by atoms with Crippen LogP contribution in [-0.2, 0) is 11.3 Å². The summed E-state index contributed by atoms with van der Waals surface area (Å²) >= 11 is 6.06. The topological polar surface area (TPSA) is 62.7 Å². The number of nitrogens with zero attached hydrogens (tertiary/aromatic N) is 2. The molecular formula is C23H19ClN2O3. The molecule has 6 heteroatoms. The Morgan fingerprint density at radius 2 is 1.83 bits per heavy atom. The summed E-state index contributed by atoms with van der Waals surface area (Å²) < 4.78 is 5.23. The SMILES string of the molecule is COc1ccc(C2=C(O)C(=O)N(Cc3cccnc3)C2c2ccc(Cl)cc2)cc1. The first kappa shape index (κ1) is 19.0. The summed E-state index contributed by atoms with van der Waals surface area (Å²) in [6.45, 7) is 0.323. The molecule has 2 aromatic carbocycles. The first-order chi connectivity index (χ1) is 14.1. The predicted octanol–water partition coefficient (Wildman–Crippen LogP) is 4.80. The number of benzene rings is 2. The van der Waals surface area contributed by atoms with Crippen molar-refractivity contribution >= 4 is 23.1 Å². The lowest BCUT2D eigenvalue weighted by Gasteiger charge is -2.27. The Labute approximate surface area is 173 Å². The van der Waals surface area contributed by atoms with Gasteiger partial charge in [-0.15, -0.1) is 0 Å². The van der Waals surface area contributed by atoms with Crippen LogP contribution in [0, 0.1) is 0 Å². The minimum Gasteiger partial charge on any atom is -0.503 e. The Bertz CT molecular complexity index is 1050. The van der Waals surface area contributed by atoms with Crippen molar-refractivity contribution in [2.45, 2.75) is 12.6 Å². The molecule has 1 atom stereocenters. The van der Waals surface area contributed by atoms with Gasteiger partial charge in [0.15, 0.2) is 5.76 Å². The molecule has 1 aliphatic heterocycles. The van der Waals surface area contributed by atoms with Gasteiger partial charge in [0.1, 0.15) is 5.75 Å². The van der Waals surface area contributed by atoms with Gasteiger partial charge >= 0.3 is 0 Å². The monoisotopic (exact) mass is 406 g/mol. The zero-order chi connectivity index (χ0) is 20.4. The van der Waals surface area contributed by atoms with Crippen LogP contribution in [0.1, 0.15) is 22.7 Å². The van der Waals surface area contributed by atoms with E-state index in [1.54, 1.807) is 36.5 Å². The highest BCUT2D eigenvalue weighted by Gasteiger charge is 2.41. The highest BCUT2D eigenvalue weighted by Crippen LogP contribution is 2.44. The predicted molar refractivity (Wildman–Crippen MR) is 112 cm³/mol. The van der Waals surface area contributed by atoms with E-state index in [2.05, 4.69) is 4.98 Å². The number of amides is 1. The van der Waals surface area contributed by atoms with Crippen molar-refractivity contribution in [1.82, 2.24) is 9.88 Å². The number of aromatic nitrogens is 1. The molecule has 29 heavy (non-hydrogen) atoms. The lowest BCUT2D eigenvalue weighted by molar-refractivity contribution is -0.130. The Morgan fingerprint density at radius 3 is 2.45 bits per heavy atom. The zero-order valence-corrected chi connectivity index (χ0v) is 16.5. The molecule has 0 aliphatic carbocycles. The van der Waals surface area contributed by atoms with Crippen LogP contribution >= 0.6 is 11.6 Å². The third-order valence-corrected chi connectivity index (χ3v) is 5.22. The molecular weight excluding hydrogens is 388 g/mol. The fourth-order valence-electron chi connectivity index (χ4n) is 3.56. The van der Waals surface area contributed by atoms with Gasteiger partial charge in [-0.3, -0.25) is 9.78 Å². The van der Waals surface area contributed by atoms with Crippen molar-refractivity contribution in [2.24, 2.45) is 0 Å². The Hall–Kier alpha value is -3.31. The van der Waals surface area contributed by atoms with Crippen LogP contribution in [0.3, 0.4) is 0 Å². The van der Waals surface area contributed by atoms with Crippen LogP contribution in [0.2, 0.25) is 5.02 Å². The van der Waals surface area contributed by atoms with Crippen LogP contribution < -0.4 is 4.74 Å². The minimum atomic E-state index is -0.451. The number of methoxy groups -OCH3 is 1. The fraction of sp³-hybridized carbons (Fsp3) is 0.130. The summed E-state index contributed by atoms with van der Waals surface area (Å²) in [5, 5.41) is 11.4. The fourth-order valence-corrected chi connectivity index (χ4v) is 3.69. The summed E-state index contributed by atoms with van der Waals surface area (Å²) in [5.74, 6) is 0.0343. The van der Waals surface area contributed by atoms with Crippen molar-refractivity contribution in [3.8, 4) is 5.75 Å². The van der Waals surface area contributed by atoms with Crippen molar-refractivity contribution in [3.05, 3.63) is 101 Å². The van der Waals surface area contributed by atoms with Gasteiger partial charge in [-0.1, -0.05) is 41.9 Å². The van der Waals surface area contributed by atoms with E-state index < -0.39 is 11.9 Å². The molecule has 1 unspecified atom stereocenters. The molecule has 4 rings (SSSR count). The van der Waals surface area contributed by atoms with Crippen molar-refractivity contribution < 1.29 is 14.6 Å². The molecule has 2 heterocycles. The standard InChI is InChI=1S/C23H19ClN2O3/c1-29-19-10-6-16(7-11-19)20-21(17-4-8-18(24)9-5-17)26(23(28)22(20)27)14-15-3-2-12-25-13-15/h2-13,21,27H,14H2,1H3. The highest BCUT2D eigenvalue weighted by atomic mass is 35.5. The van der Waals surface area contributed by atoms with Crippen LogP contribution in [-0.4, -0.2) is 28.0 Å². The number of rotatable bonds is 5. The normalized spacial score (nSPS) is 16.4. The maximum Gasteiger partial charge on any atom is 0.290 e. The minimum absolute atomic E-state index is 0.251. The number of hydrogen-bond acceptors (Lipinski definition) is 4. The number of pyridine rings is 1. The summed E-state index contributed by atoms with van der Waals surface area (Å²) in [4.78, 5) is 18.8. The Morgan fingerprint density at radius 1 is 1.10 bits per heavy atom. The first-order valence-corrected chi connectivity index (χ1v) is 9.49. The number of aliphatic hydroxyl groups is 1. The molecule has 0 fully saturated rings. The quantitative estimate of drug-likeness (QED) is 0.661. The van der Waals surface area contributed by atoms with Gasteiger partial charge in [0.25, 0.3) is 5.91 Å². The molecule has 3 aromatic rings. The number of ether oxygens (including phenoxy) is 1. The molecule has 0 saturated heterocycles. The van der Waals surface area contributed by atoms with E-state index in [0.717, 1.165) is 16.7 Å². The summed E-state index contributed by atoms with van der Waals surface area (Å²) in [5.41, 5.74) is 3.05.